The van der Waals surface area contributed by atoms with Crippen LogP contribution >= 0.6 is 11.6 Å². The number of sulfonamides is 1. The largest absolute Gasteiger partial charge is 0.326 e. The number of aromatic amines is 1. The van der Waals surface area contributed by atoms with Gasteiger partial charge >= 0.3 is 0 Å². The van der Waals surface area contributed by atoms with Crippen molar-refractivity contribution in [2.24, 2.45) is 0 Å². The van der Waals surface area contributed by atoms with Gasteiger partial charge in [-0.2, -0.15) is 4.31 Å². The third-order valence-electron chi connectivity index (χ3n) is 3.48. The Balaban J connectivity index is 2.40. The fourth-order valence-electron chi connectivity index (χ4n) is 2.42. The maximum absolute atomic E-state index is 12.6. The summed E-state index contributed by atoms with van der Waals surface area (Å²) in [5, 5.41) is -0.105. The average Bonchev–Trinajstić information content (AvgIpc) is 2.41. The van der Waals surface area contributed by atoms with E-state index >= 15 is 0 Å². The normalized spacial score (nSPS) is 21.5. The molecule has 0 aliphatic carbocycles. The Labute approximate surface area is 117 Å². The number of pyridine rings is 1. The quantitative estimate of drug-likeness (QED) is 0.928. The second-order valence-corrected chi connectivity index (χ2v) is 6.98. The standard InChI is InChI=1S/C12H17ClN2O3S/c1-2-9-5-3-4-6-15(9)19(17,18)10-7-11(13)12(16)14-8-10/h7-9H,2-6H2,1H3,(H,14,16). The van der Waals surface area contributed by atoms with Gasteiger partial charge in [-0.25, -0.2) is 8.42 Å². The third-order valence-corrected chi connectivity index (χ3v) is 5.69. The molecule has 1 N–H and O–H groups in total. The first-order chi connectivity index (χ1) is 8.96. The van der Waals surface area contributed by atoms with Gasteiger partial charge in [0.1, 0.15) is 5.02 Å². The number of nitrogens with one attached hydrogen (secondary N) is 1. The first kappa shape index (κ1) is 14.6. The Bertz CT molecular complexity index is 612. The molecule has 1 aliphatic rings. The molecule has 0 spiro atoms. The van der Waals surface area contributed by atoms with Crippen molar-refractivity contribution in [3.63, 3.8) is 0 Å². The fourth-order valence-corrected chi connectivity index (χ4v) is 4.42. The molecule has 1 unspecified atom stereocenters. The van der Waals surface area contributed by atoms with Crippen molar-refractivity contribution in [2.45, 2.75) is 43.5 Å². The molecule has 1 aromatic rings. The molecular weight excluding hydrogens is 288 g/mol. The lowest BCUT2D eigenvalue weighted by Gasteiger charge is -2.34. The summed E-state index contributed by atoms with van der Waals surface area (Å²) < 4.78 is 26.7. The number of halogens is 1. The molecule has 0 saturated carbocycles. The van der Waals surface area contributed by atoms with Crippen molar-refractivity contribution in [1.82, 2.24) is 9.29 Å². The summed E-state index contributed by atoms with van der Waals surface area (Å²) in [5.41, 5.74) is -0.480. The van der Waals surface area contributed by atoms with Gasteiger partial charge in [0, 0.05) is 18.8 Å². The van der Waals surface area contributed by atoms with Crippen LogP contribution in [-0.4, -0.2) is 30.3 Å². The molecule has 0 amide bonds. The van der Waals surface area contributed by atoms with Crippen molar-refractivity contribution >= 4 is 21.6 Å². The third kappa shape index (κ3) is 2.85. The van der Waals surface area contributed by atoms with Crippen LogP contribution in [0.25, 0.3) is 0 Å². The molecule has 1 aromatic heterocycles. The van der Waals surface area contributed by atoms with E-state index in [0.29, 0.717) is 6.54 Å². The Kier molecular flexibility index (Phi) is 4.32. The van der Waals surface area contributed by atoms with Gasteiger partial charge in [0.2, 0.25) is 10.0 Å². The molecule has 0 bridgehead atoms. The zero-order valence-electron chi connectivity index (χ0n) is 10.7. The van der Waals surface area contributed by atoms with Gasteiger partial charge in [0.25, 0.3) is 5.56 Å². The predicted octanol–water partition coefficient (Wildman–Crippen LogP) is 1.98. The van der Waals surface area contributed by atoms with Gasteiger partial charge in [-0.1, -0.05) is 24.9 Å². The molecule has 2 rings (SSSR count). The van der Waals surface area contributed by atoms with Gasteiger partial charge in [0.15, 0.2) is 0 Å². The predicted molar refractivity (Wildman–Crippen MR) is 73.9 cm³/mol. The zero-order valence-corrected chi connectivity index (χ0v) is 12.3. The number of H-pyrrole nitrogens is 1. The van der Waals surface area contributed by atoms with E-state index in [1.54, 1.807) is 0 Å². The van der Waals surface area contributed by atoms with Crippen molar-refractivity contribution in [2.75, 3.05) is 6.54 Å². The van der Waals surface area contributed by atoms with Crippen LogP contribution in [0.1, 0.15) is 32.6 Å². The lowest BCUT2D eigenvalue weighted by Crippen LogP contribution is -2.43. The van der Waals surface area contributed by atoms with E-state index in [1.165, 1.54) is 16.6 Å². The number of rotatable bonds is 3. The topological polar surface area (TPSA) is 70.2 Å². The van der Waals surface area contributed by atoms with Gasteiger partial charge in [0.05, 0.1) is 4.90 Å². The molecule has 5 nitrogen and oxygen atoms in total. The second kappa shape index (κ2) is 5.64. The monoisotopic (exact) mass is 304 g/mol. The van der Waals surface area contributed by atoms with E-state index < -0.39 is 15.6 Å². The summed E-state index contributed by atoms with van der Waals surface area (Å²) >= 11 is 5.70. The van der Waals surface area contributed by atoms with E-state index in [4.69, 9.17) is 11.6 Å². The summed E-state index contributed by atoms with van der Waals surface area (Å²) in [5.74, 6) is 0. The number of nitrogens with zero attached hydrogens (tertiary/aromatic N) is 1. The maximum Gasteiger partial charge on any atom is 0.266 e. The fraction of sp³-hybridized carbons (Fsp3) is 0.583. The van der Waals surface area contributed by atoms with Crippen LogP contribution in [0.15, 0.2) is 22.0 Å². The highest BCUT2D eigenvalue weighted by Crippen LogP contribution is 2.26. The van der Waals surface area contributed by atoms with Crippen LogP contribution in [0.2, 0.25) is 5.02 Å². The van der Waals surface area contributed by atoms with Crippen LogP contribution in [0.3, 0.4) is 0 Å². The molecule has 1 aliphatic heterocycles. The molecule has 2 heterocycles. The van der Waals surface area contributed by atoms with Gasteiger partial charge in [-0.15, -0.1) is 0 Å². The van der Waals surface area contributed by atoms with Crippen molar-refractivity contribution in [1.29, 1.82) is 0 Å². The van der Waals surface area contributed by atoms with Gasteiger partial charge in [-0.05, 0) is 25.3 Å². The number of hydrogen-bond acceptors (Lipinski definition) is 3. The Morgan fingerprint density at radius 3 is 2.84 bits per heavy atom. The van der Waals surface area contributed by atoms with E-state index in [-0.39, 0.29) is 16.0 Å². The summed E-state index contributed by atoms with van der Waals surface area (Å²) in [6.45, 7) is 2.51. The smallest absolute Gasteiger partial charge is 0.266 e. The van der Waals surface area contributed by atoms with Gasteiger partial charge in [-0.3, -0.25) is 4.79 Å². The molecule has 1 fully saturated rings. The molecule has 7 heteroatoms. The lowest BCUT2D eigenvalue weighted by molar-refractivity contribution is 0.246. The first-order valence-electron chi connectivity index (χ1n) is 6.37. The maximum atomic E-state index is 12.6. The molecule has 0 radical (unpaired) electrons. The van der Waals surface area contributed by atoms with Crippen LogP contribution < -0.4 is 5.56 Å². The van der Waals surface area contributed by atoms with Crippen LogP contribution in [0.5, 0.6) is 0 Å². The van der Waals surface area contributed by atoms with Gasteiger partial charge < -0.3 is 4.98 Å². The van der Waals surface area contributed by atoms with Crippen molar-refractivity contribution < 1.29 is 8.42 Å². The summed E-state index contributed by atoms with van der Waals surface area (Å²) in [7, 11) is -3.58. The Morgan fingerprint density at radius 1 is 1.47 bits per heavy atom. The number of aromatic nitrogens is 1. The average molecular weight is 305 g/mol. The SMILES string of the molecule is CCC1CCCCN1S(=O)(=O)c1c[nH]c(=O)c(Cl)c1. The highest BCUT2D eigenvalue weighted by atomic mass is 35.5. The summed E-state index contributed by atoms with van der Waals surface area (Å²) in [4.78, 5) is 13.6. The minimum atomic E-state index is -3.58. The van der Waals surface area contributed by atoms with Crippen molar-refractivity contribution in [3.8, 4) is 0 Å². The van der Waals surface area contributed by atoms with Crippen LogP contribution in [-0.2, 0) is 10.0 Å². The first-order valence-corrected chi connectivity index (χ1v) is 8.18. The van der Waals surface area contributed by atoms with E-state index in [1.807, 2.05) is 6.92 Å². The summed E-state index contributed by atoms with van der Waals surface area (Å²) in [6.07, 6.45) is 4.80. The minimum Gasteiger partial charge on any atom is -0.326 e. The lowest BCUT2D eigenvalue weighted by atomic mass is 10.0. The molecule has 1 atom stereocenters. The zero-order chi connectivity index (χ0) is 14.0. The molecule has 106 valence electrons. The molecule has 1 saturated heterocycles. The highest BCUT2D eigenvalue weighted by molar-refractivity contribution is 7.89. The van der Waals surface area contributed by atoms with Crippen LogP contribution in [0.4, 0.5) is 0 Å². The Hall–Kier alpha value is -0.850. The van der Waals surface area contributed by atoms with E-state index in [0.717, 1.165) is 25.7 Å². The molecule has 19 heavy (non-hydrogen) atoms. The van der Waals surface area contributed by atoms with E-state index in [2.05, 4.69) is 4.98 Å². The number of piperidine rings is 1. The summed E-state index contributed by atoms with van der Waals surface area (Å²) in [6, 6.07) is 1.25. The van der Waals surface area contributed by atoms with Crippen LogP contribution in [0, 0.1) is 0 Å². The minimum absolute atomic E-state index is 0.0319. The highest BCUT2D eigenvalue weighted by Gasteiger charge is 2.32. The number of hydrogen-bond donors (Lipinski definition) is 1. The second-order valence-electron chi connectivity index (χ2n) is 4.69. The Morgan fingerprint density at radius 2 is 2.21 bits per heavy atom. The van der Waals surface area contributed by atoms with Crippen molar-refractivity contribution in [3.05, 3.63) is 27.6 Å². The molecular formula is C12H17ClN2O3S. The molecule has 0 aromatic carbocycles. The van der Waals surface area contributed by atoms with E-state index in [9.17, 15) is 13.2 Å².